The van der Waals surface area contributed by atoms with E-state index >= 15 is 0 Å². The molecule has 0 aliphatic heterocycles. The zero-order chi connectivity index (χ0) is 12.8. The highest BCUT2D eigenvalue weighted by Crippen LogP contribution is 1.90. The molecule has 0 radical (unpaired) electrons. The zero-order valence-corrected chi connectivity index (χ0v) is 10.9. The predicted molar refractivity (Wildman–Crippen MR) is 64.2 cm³/mol. The third-order valence-electron chi connectivity index (χ3n) is 2.00. The van der Waals surface area contributed by atoms with Crippen LogP contribution in [-0.2, 0) is 23.7 Å². The van der Waals surface area contributed by atoms with Gasteiger partial charge in [0.15, 0.2) is 0 Å². The highest BCUT2D eigenvalue weighted by atomic mass is 16.6. The van der Waals surface area contributed by atoms with Gasteiger partial charge in [-0.15, -0.1) is 0 Å². The Morgan fingerprint density at radius 3 is 1.94 bits per heavy atom. The van der Waals surface area contributed by atoms with E-state index in [1.807, 2.05) is 0 Å². The lowest BCUT2D eigenvalue weighted by atomic mass is 10.4. The lowest BCUT2D eigenvalue weighted by Gasteiger charge is -2.14. The van der Waals surface area contributed by atoms with E-state index in [0.717, 1.165) is 0 Å². The maximum Gasteiger partial charge on any atom is 0.0931 e. The first-order valence-electron chi connectivity index (χ1n) is 5.80. The van der Waals surface area contributed by atoms with Crippen molar-refractivity contribution in [3.63, 3.8) is 0 Å². The molecule has 2 N–H and O–H groups in total. The molecule has 1 atom stereocenters. The lowest BCUT2D eigenvalue weighted by molar-refractivity contribution is -0.0342. The molecule has 0 rings (SSSR count). The maximum absolute atomic E-state index is 5.49. The number of nitrogens with two attached hydrogens (primary N) is 1. The molecule has 104 valence electrons. The summed E-state index contributed by atoms with van der Waals surface area (Å²) in [6.45, 7) is 4.35. The van der Waals surface area contributed by atoms with Gasteiger partial charge in [0.2, 0.25) is 0 Å². The number of hydrogen-bond acceptors (Lipinski definition) is 6. The van der Waals surface area contributed by atoms with Crippen LogP contribution in [0.4, 0.5) is 0 Å². The van der Waals surface area contributed by atoms with Crippen LogP contribution < -0.4 is 5.73 Å². The maximum atomic E-state index is 5.49. The molecular formula is C11H25NO5. The van der Waals surface area contributed by atoms with Crippen molar-refractivity contribution in [2.75, 3.05) is 67.0 Å². The molecule has 6 heteroatoms. The molecule has 0 fully saturated rings. The van der Waals surface area contributed by atoms with Crippen molar-refractivity contribution in [1.82, 2.24) is 0 Å². The van der Waals surface area contributed by atoms with Gasteiger partial charge < -0.3 is 29.4 Å². The minimum absolute atomic E-state index is 0.0541. The highest BCUT2D eigenvalue weighted by Gasteiger charge is 2.05. The van der Waals surface area contributed by atoms with Gasteiger partial charge in [-0.2, -0.15) is 0 Å². The summed E-state index contributed by atoms with van der Waals surface area (Å²) in [5.41, 5.74) is 5.49. The summed E-state index contributed by atoms with van der Waals surface area (Å²) in [4.78, 5) is 0. The third-order valence-corrected chi connectivity index (χ3v) is 2.00. The second-order valence-corrected chi connectivity index (χ2v) is 3.40. The van der Waals surface area contributed by atoms with Crippen LogP contribution in [0.1, 0.15) is 0 Å². The third kappa shape index (κ3) is 12.0. The van der Waals surface area contributed by atoms with E-state index < -0.39 is 0 Å². The number of methoxy groups -OCH3 is 2. The van der Waals surface area contributed by atoms with Crippen molar-refractivity contribution in [2.45, 2.75) is 6.10 Å². The van der Waals surface area contributed by atoms with Gasteiger partial charge in [-0.1, -0.05) is 0 Å². The molecule has 0 aliphatic carbocycles. The average molecular weight is 251 g/mol. The Labute approximate surface area is 103 Å². The summed E-state index contributed by atoms with van der Waals surface area (Å²) in [5, 5.41) is 0. The van der Waals surface area contributed by atoms with Crippen LogP contribution in [0.15, 0.2) is 0 Å². The smallest absolute Gasteiger partial charge is 0.0931 e. The van der Waals surface area contributed by atoms with Crippen LogP contribution in [0.5, 0.6) is 0 Å². The molecule has 0 heterocycles. The number of ether oxygens (including phenoxy) is 5. The summed E-state index contributed by atoms with van der Waals surface area (Å²) in [6, 6.07) is 0. The van der Waals surface area contributed by atoms with Gasteiger partial charge in [-0.05, 0) is 0 Å². The van der Waals surface area contributed by atoms with Gasteiger partial charge in [-0.3, -0.25) is 0 Å². The minimum Gasteiger partial charge on any atom is -0.382 e. The summed E-state index contributed by atoms with van der Waals surface area (Å²) in [7, 11) is 3.27. The molecular weight excluding hydrogens is 226 g/mol. The van der Waals surface area contributed by atoms with Gasteiger partial charge in [0.05, 0.1) is 52.4 Å². The van der Waals surface area contributed by atoms with Crippen molar-refractivity contribution >= 4 is 0 Å². The van der Waals surface area contributed by atoms with E-state index in [9.17, 15) is 0 Å². The quantitative estimate of drug-likeness (QED) is 0.451. The van der Waals surface area contributed by atoms with Crippen molar-refractivity contribution in [1.29, 1.82) is 0 Å². The molecule has 0 amide bonds. The first-order valence-corrected chi connectivity index (χ1v) is 5.80. The molecule has 0 aromatic carbocycles. The van der Waals surface area contributed by atoms with Gasteiger partial charge in [-0.25, -0.2) is 0 Å². The Bertz CT molecular complexity index is 148. The van der Waals surface area contributed by atoms with Crippen LogP contribution in [0.2, 0.25) is 0 Å². The molecule has 17 heavy (non-hydrogen) atoms. The van der Waals surface area contributed by atoms with E-state index in [4.69, 9.17) is 29.4 Å². The van der Waals surface area contributed by atoms with Gasteiger partial charge in [0, 0.05) is 20.8 Å². The monoisotopic (exact) mass is 251 g/mol. The van der Waals surface area contributed by atoms with E-state index in [-0.39, 0.29) is 6.10 Å². The largest absolute Gasteiger partial charge is 0.382 e. The van der Waals surface area contributed by atoms with Crippen molar-refractivity contribution in [2.24, 2.45) is 5.73 Å². The Balaban J connectivity index is 3.11. The van der Waals surface area contributed by atoms with Gasteiger partial charge in [0.1, 0.15) is 0 Å². The van der Waals surface area contributed by atoms with E-state index in [2.05, 4.69) is 0 Å². The number of rotatable bonds is 13. The van der Waals surface area contributed by atoms with Crippen molar-refractivity contribution in [3.05, 3.63) is 0 Å². The van der Waals surface area contributed by atoms with Crippen LogP contribution in [0, 0.1) is 0 Å². The van der Waals surface area contributed by atoms with Crippen LogP contribution in [0.3, 0.4) is 0 Å². The molecule has 0 aromatic heterocycles. The predicted octanol–water partition coefficient (Wildman–Crippen LogP) is -0.344. The Hall–Kier alpha value is -0.240. The topological polar surface area (TPSA) is 72.2 Å². The minimum atomic E-state index is -0.0541. The fraction of sp³-hybridized carbons (Fsp3) is 1.00. The van der Waals surface area contributed by atoms with Crippen LogP contribution >= 0.6 is 0 Å². The molecule has 0 aliphatic rings. The van der Waals surface area contributed by atoms with Crippen LogP contribution in [-0.4, -0.2) is 73.1 Å². The summed E-state index contributed by atoms with van der Waals surface area (Å²) >= 11 is 0. The molecule has 0 spiro atoms. The van der Waals surface area contributed by atoms with E-state index in [1.165, 1.54) is 0 Å². The van der Waals surface area contributed by atoms with Gasteiger partial charge in [0.25, 0.3) is 0 Å². The molecule has 0 saturated heterocycles. The first-order chi connectivity index (χ1) is 8.35. The second kappa shape index (κ2) is 13.8. The van der Waals surface area contributed by atoms with Crippen molar-refractivity contribution < 1.29 is 23.7 Å². The van der Waals surface area contributed by atoms with Gasteiger partial charge >= 0.3 is 0 Å². The normalized spacial score (nSPS) is 12.9. The standard InChI is InChI=1S/C11H25NO5/c1-13-3-4-15-5-6-16-7-8-17-11(9-12)10-14-2/h11H,3-10,12H2,1-2H3. The highest BCUT2D eigenvalue weighted by molar-refractivity contribution is 4.55. The fourth-order valence-electron chi connectivity index (χ4n) is 1.11. The molecule has 0 aromatic rings. The van der Waals surface area contributed by atoms with Crippen molar-refractivity contribution in [3.8, 4) is 0 Å². The fourth-order valence-corrected chi connectivity index (χ4v) is 1.11. The second-order valence-electron chi connectivity index (χ2n) is 3.40. The molecule has 6 nitrogen and oxygen atoms in total. The zero-order valence-electron chi connectivity index (χ0n) is 10.9. The lowest BCUT2D eigenvalue weighted by Crippen LogP contribution is -2.29. The number of hydrogen-bond donors (Lipinski definition) is 1. The Morgan fingerprint density at radius 2 is 1.41 bits per heavy atom. The SMILES string of the molecule is COCCOCCOCCOC(CN)COC. The van der Waals surface area contributed by atoms with Crippen LogP contribution in [0.25, 0.3) is 0 Å². The van der Waals surface area contributed by atoms with E-state index in [1.54, 1.807) is 14.2 Å². The first kappa shape index (κ1) is 16.8. The van der Waals surface area contributed by atoms with E-state index in [0.29, 0.717) is 52.8 Å². The summed E-state index contributed by atoms with van der Waals surface area (Å²) in [6.07, 6.45) is -0.0541. The summed E-state index contributed by atoms with van der Waals surface area (Å²) < 4.78 is 25.8. The molecule has 0 saturated carbocycles. The Kier molecular flexibility index (Phi) is 13.6. The summed E-state index contributed by atoms with van der Waals surface area (Å²) in [5.74, 6) is 0. The molecule has 1 unspecified atom stereocenters. The molecule has 0 bridgehead atoms. The Morgan fingerprint density at radius 1 is 0.824 bits per heavy atom. The average Bonchev–Trinajstić information content (AvgIpc) is 2.35.